The van der Waals surface area contributed by atoms with Crippen molar-refractivity contribution in [3.05, 3.63) is 61.2 Å². The number of carbonyl (C=O) groups excluding carboxylic acids is 1. The highest BCUT2D eigenvalue weighted by Gasteiger charge is 2.43. The van der Waals surface area contributed by atoms with E-state index in [1.54, 1.807) is 0 Å². The van der Waals surface area contributed by atoms with Gasteiger partial charge in [0.25, 0.3) is 5.91 Å². The molecule has 1 amide bonds. The van der Waals surface area contributed by atoms with Crippen LogP contribution in [0, 0.1) is 0 Å². The van der Waals surface area contributed by atoms with E-state index in [1.165, 1.54) is 5.32 Å². The molecule has 0 aliphatic rings. The van der Waals surface area contributed by atoms with Gasteiger partial charge >= 0.3 is 59.7 Å². The summed E-state index contributed by atoms with van der Waals surface area (Å²) in [5.41, 5.74) is -24.1. The zero-order valence-electron chi connectivity index (χ0n) is 21.0. The Labute approximate surface area is 242 Å². The van der Waals surface area contributed by atoms with Crippen molar-refractivity contribution in [1.29, 1.82) is 0 Å². The highest BCUT2D eigenvalue weighted by molar-refractivity contribution is 6.28. The van der Waals surface area contributed by atoms with Gasteiger partial charge in [-0.2, -0.15) is 0 Å². The van der Waals surface area contributed by atoms with Crippen LogP contribution in [0.1, 0.15) is 114 Å². The summed E-state index contributed by atoms with van der Waals surface area (Å²) in [6, 6.07) is 0. The maximum Gasteiger partial charge on any atom is 0.338 e. The number of amides is 1. The molecule has 0 fully saturated rings. The molecule has 2 rings (SSSR count). The van der Waals surface area contributed by atoms with Crippen LogP contribution in [-0.4, -0.2) is 117 Å². The van der Waals surface area contributed by atoms with Crippen LogP contribution in [0.25, 0.3) is 0 Å². The first-order valence-electron chi connectivity index (χ1n) is 10.7. The summed E-state index contributed by atoms with van der Waals surface area (Å²) in [4.78, 5) is 133. The average molecular weight is 637 g/mol. The summed E-state index contributed by atoms with van der Waals surface area (Å²) < 4.78 is 0. The summed E-state index contributed by atoms with van der Waals surface area (Å²) in [5, 5.41) is 97.0. The predicted molar refractivity (Wildman–Crippen MR) is 130 cm³/mol. The lowest BCUT2D eigenvalue weighted by molar-refractivity contribution is 0.0606. The lowest BCUT2D eigenvalue weighted by Gasteiger charge is -2.21. The van der Waals surface area contributed by atoms with Crippen molar-refractivity contribution in [2.45, 2.75) is 0 Å². The first-order chi connectivity index (χ1) is 20.6. The average Bonchev–Trinajstić information content (AvgIpc) is 2.88. The number of hydrogen-bond acceptors (Lipinski definition) is 11. The molecule has 2 aromatic rings. The normalized spacial score (nSPS) is 10.3. The first kappa shape index (κ1) is 33.8. The van der Waals surface area contributed by atoms with Gasteiger partial charge in [0.15, 0.2) is 0 Å². The van der Waals surface area contributed by atoms with Crippen LogP contribution in [0.4, 0.5) is 5.69 Å². The lowest BCUT2D eigenvalue weighted by atomic mass is 9.85. The van der Waals surface area contributed by atoms with E-state index in [1.807, 2.05) is 0 Å². The molecule has 2 aromatic carbocycles. The smallest absolute Gasteiger partial charge is 0.338 e. The van der Waals surface area contributed by atoms with Gasteiger partial charge in [0.1, 0.15) is 0 Å². The quantitative estimate of drug-likeness (QED) is 0.145. The Balaban J connectivity index is 3.42. The molecule has 0 unspecified atom stereocenters. The zero-order valence-corrected chi connectivity index (χ0v) is 21.0. The van der Waals surface area contributed by atoms with Crippen LogP contribution in [-0.2, 0) is 0 Å². The highest BCUT2D eigenvalue weighted by atomic mass is 16.4. The van der Waals surface area contributed by atoms with E-state index in [9.17, 15) is 104 Å². The van der Waals surface area contributed by atoms with Gasteiger partial charge in [0.05, 0.1) is 66.9 Å². The van der Waals surface area contributed by atoms with Crippen LogP contribution < -0.4 is 5.32 Å². The van der Waals surface area contributed by atoms with Crippen molar-refractivity contribution >= 4 is 71.3 Å². The molecule has 0 aliphatic carbocycles. The number of hydrogen-bond donors (Lipinski definition) is 11. The van der Waals surface area contributed by atoms with Crippen LogP contribution in [0.2, 0.25) is 0 Å². The fourth-order valence-corrected chi connectivity index (χ4v) is 4.17. The number of aromatic carboxylic acids is 10. The molecule has 0 saturated heterocycles. The van der Waals surface area contributed by atoms with Gasteiger partial charge in [-0.05, 0) is 0 Å². The maximum atomic E-state index is 13.5. The molecule has 0 saturated carbocycles. The molecule has 0 atom stereocenters. The Morgan fingerprint density at radius 3 is 0.600 bits per heavy atom. The Bertz CT molecular complexity index is 1760. The molecule has 0 heterocycles. The second kappa shape index (κ2) is 11.8. The SMILES string of the molecule is O=C(O)c1c(NC(=O)c2c(C(=O)O)c(C(=O)O)c(C(=O)O)c(C(=O)O)c2C(=O)O)c(C(=O)O)c(C(=O)O)c(C(=O)O)c1C(=O)O. The molecule has 11 N–H and O–H groups in total. The Morgan fingerprint density at radius 2 is 0.422 bits per heavy atom. The minimum atomic E-state index is -2.63. The van der Waals surface area contributed by atoms with Gasteiger partial charge < -0.3 is 56.4 Å². The van der Waals surface area contributed by atoms with E-state index in [2.05, 4.69) is 0 Å². The first-order valence-corrected chi connectivity index (χ1v) is 10.7. The largest absolute Gasteiger partial charge is 0.478 e. The van der Waals surface area contributed by atoms with E-state index in [0.717, 1.165) is 0 Å². The Kier molecular flexibility index (Phi) is 8.90. The predicted octanol–water partition coefficient (Wildman–Crippen LogP) is -0.0791. The molecule has 0 radical (unpaired) electrons. The van der Waals surface area contributed by atoms with Gasteiger partial charge in [-0.15, -0.1) is 0 Å². The number of carboxylic acid groups (broad SMARTS) is 10. The molecule has 234 valence electrons. The van der Waals surface area contributed by atoms with Gasteiger partial charge in [-0.25, -0.2) is 47.9 Å². The van der Waals surface area contributed by atoms with Crippen LogP contribution in [0.3, 0.4) is 0 Å². The van der Waals surface area contributed by atoms with Crippen molar-refractivity contribution in [2.75, 3.05) is 5.32 Å². The van der Waals surface area contributed by atoms with E-state index < -0.39 is 132 Å². The molecule has 0 spiro atoms. The lowest BCUT2D eigenvalue weighted by Crippen LogP contribution is -2.31. The zero-order chi connectivity index (χ0) is 35.0. The highest BCUT2D eigenvalue weighted by Crippen LogP contribution is 2.36. The minimum absolute atomic E-state index is 1.21. The summed E-state index contributed by atoms with van der Waals surface area (Å²) in [5.74, 6) is -28.2. The number of nitrogens with one attached hydrogen (secondary N) is 1. The Hall–Kier alpha value is -7.39. The standard InChI is InChI=1S/C23H11NO21/c25-13(1-2(14(26)27)4(16(30)31)6(18(34)35)5(17(32)33)3(1)15(28)29)24-12-10(22(42)43)8(20(38)39)7(19(36)37)9(21(40)41)11(12)23(44)45/h(H,24,25)(H,26,27)(H,28,29)(H,30,31)(H,32,33)(H,34,35)(H,36,37)(H,38,39)(H,40,41)(H,42,43)(H,44,45). The summed E-state index contributed by atoms with van der Waals surface area (Å²) in [7, 11) is 0. The number of carbonyl (C=O) groups is 11. The monoisotopic (exact) mass is 637 g/mol. The number of anilines is 1. The number of rotatable bonds is 12. The summed E-state index contributed by atoms with van der Waals surface area (Å²) in [6.07, 6.45) is 0. The van der Waals surface area contributed by atoms with Crippen LogP contribution in [0.5, 0.6) is 0 Å². The topological polar surface area (TPSA) is 402 Å². The van der Waals surface area contributed by atoms with Crippen molar-refractivity contribution < 1.29 is 104 Å². The van der Waals surface area contributed by atoms with Gasteiger partial charge in [0, 0.05) is 0 Å². The molecular formula is C23H11NO21. The third-order valence-electron chi connectivity index (χ3n) is 5.60. The third-order valence-corrected chi connectivity index (χ3v) is 5.60. The fourth-order valence-electron chi connectivity index (χ4n) is 4.17. The Morgan fingerprint density at radius 1 is 0.267 bits per heavy atom. The third kappa shape index (κ3) is 5.59. The molecule has 22 heteroatoms. The maximum absolute atomic E-state index is 13.5. The van der Waals surface area contributed by atoms with Crippen molar-refractivity contribution in [3.8, 4) is 0 Å². The van der Waals surface area contributed by atoms with Gasteiger partial charge in [0.2, 0.25) is 0 Å². The minimum Gasteiger partial charge on any atom is -0.478 e. The van der Waals surface area contributed by atoms with Gasteiger partial charge in [-0.1, -0.05) is 0 Å². The van der Waals surface area contributed by atoms with Crippen molar-refractivity contribution in [3.63, 3.8) is 0 Å². The molecule has 45 heavy (non-hydrogen) atoms. The van der Waals surface area contributed by atoms with E-state index in [0.29, 0.717) is 0 Å². The number of carboxylic acids is 10. The molecule has 0 bridgehead atoms. The van der Waals surface area contributed by atoms with E-state index in [4.69, 9.17) is 0 Å². The second-order valence-corrected chi connectivity index (χ2v) is 8.01. The molecule has 0 aliphatic heterocycles. The van der Waals surface area contributed by atoms with Crippen LogP contribution in [0.15, 0.2) is 0 Å². The van der Waals surface area contributed by atoms with Crippen LogP contribution >= 0.6 is 0 Å². The molecule has 0 aromatic heterocycles. The van der Waals surface area contributed by atoms with Gasteiger partial charge in [-0.3, -0.25) is 4.79 Å². The second-order valence-electron chi connectivity index (χ2n) is 8.01. The molecule has 22 nitrogen and oxygen atoms in total. The number of benzene rings is 2. The molecular weight excluding hydrogens is 626 g/mol. The van der Waals surface area contributed by atoms with Crippen molar-refractivity contribution in [2.24, 2.45) is 0 Å². The van der Waals surface area contributed by atoms with Crippen molar-refractivity contribution in [1.82, 2.24) is 0 Å². The summed E-state index contributed by atoms with van der Waals surface area (Å²) in [6.45, 7) is 0. The van der Waals surface area contributed by atoms with E-state index in [-0.39, 0.29) is 0 Å². The van der Waals surface area contributed by atoms with E-state index >= 15 is 0 Å². The summed E-state index contributed by atoms with van der Waals surface area (Å²) >= 11 is 0. The fraction of sp³-hybridized carbons (Fsp3) is 0.